The van der Waals surface area contributed by atoms with E-state index in [0.29, 0.717) is 25.3 Å². The highest BCUT2D eigenvalue weighted by molar-refractivity contribution is 5.83. The minimum absolute atomic E-state index is 0.0291. The number of methoxy groups -OCH3 is 1. The summed E-state index contributed by atoms with van der Waals surface area (Å²) in [4.78, 5) is 4.40. The lowest BCUT2D eigenvalue weighted by atomic mass is 10.0. The zero-order valence-corrected chi connectivity index (χ0v) is 16.7. The number of fused-ring (bicyclic) bond motifs is 1. The van der Waals surface area contributed by atoms with Gasteiger partial charge in [0.25, 0.3) is 0 Å². The zero-order chi connectivity index (χ0) is 20.9. The van der Waals surface area contributed by atoms with Gasteiger partial charge in [-0.15, -0.1) is 0 Å². The van der Waals surface area contributed by atoms with Gasteiger partial charge >= 0.3 is 0 Å². The maximum absolute atomic E-state index is 13.3. The molecule has 0 amide bonds. The highest BCUT2D eigenvalue weighted by atomic mass is 19.1. The van der Waals surface area contributed by atoms with E-state index in [1.807, 2.05) is 30.5 Å². The van der Waals surface area contributed by atoms with E-state index in [-0.39, 0.29) is 12.3 Å². The molecule has 30 heavy (non-hydrogen) atoms. The van der Waals surface area contributed by atoms with Crippen LogP contribution in [0.3, 0.4) is 0 Å². The van der Waals surface area contributed by atoms with Crippen LogP contribution in [0.25, 0.3) is 10.9 Å². The van der Waals surface area contributed by atoms with Crippen LogP contribution in [0, 0.1) is 11.6 Å². The first-order valence-electron chi connectivity index (χ1n) is 9.94. The predicted octanol–water partition coefficient (Wildman–Crippen LogP) is 3.99. The summed E-state index contributed by atoms with van der Waals surface area (Å²) < 4.78 is 43.6. The van der Waals surface area contributed by atoms with Crippen LogP contribution in [-0.2, 0) is 22.4 Å². The lowest BCUT2D eigenvalue weighted by molar-refractivity contribution is -0.192. The van der Waals surface area contributed by atoms with Gasteiger partial charge in [-0.05, 0) is 53.9 Å². The molecular weight excluding hydrogens is 390 g/mol. The van der Waals surface area contributed by atoms with Crippen molar-refractivity contribution >= 4 is 10.9 Å². The monoisotopic (exact) mass is 414 g/mol. The van der Waals surface area contributed by atoms with Gasteiger partial charge in [-0.2, -0.15) is 0 Å². The first kappa shape index (κ1) is 20.7. The molecular formula is C23H24F2N2O3. The molecule has 0 saturated carbocycles. The van der Waals surface area contributed by atoms with Crippen molar-refractivity contribution in [1.29, 1.82) is 0 Å². The van der Waals surface area contributed by atoms with Crippen LogP contribution in [-0.4, -0.2) is 37.6 Å². The molecule has 3 aromatic rings. The number of nitrogens with zero attached hydrogens (tertiary/aromatic N) is 1. The molecule has 1 aromatic heterocycles. The molecule has 2 aromatic carbocycles. The molecule has 0 bridgehead atoms. The van der Waals surface area contributed by atoms with Crippen LogP contribution in [0.15, 0.2) is 48.7 Å². The number of aromatic nitrogens is 1. The summed E-state index contributed by atoms with van der Waals surface area (Å²) in [6, 6.07) is 11.3. The summed E-state index contributed by atoms with van der Waals surface area (Å²) >= 11 is 0. The Morgan fingerprint density at radius 2 is 1.83 bits per heavy atom. The van der Waals surface area contributed by atoms with E-state index in [1.54, 1.807) is 7.11 Å². The topological polar surface area (TPSA) is 52.6 Å². The minimum atomic E-state index is -0.579. The van der Waals surface area contributed by atoms with E-state index in [1.165, 1.54) is 17.7 Å². The smallest absolute Gasteiger partial charge is 0.158 e. The Morgan fingerprint density at radius 1 is 1.07 bits per heavy atom. The molecule has 0 unspecified atom stereocenters. The Balaban J connectivity index is 1.28. The number of rotatable bonds is 7. The fraction of sp³-hybridized carbons (Fsp3) is 0.348. The van der Waals surface area contributed by atoms with Crippen molar-refractivity contribution in [3.8, 4) is 5.75 Å². The molecule has 1 aliphatic heterocycles. The van der Waals surface area contributed by atoms with Crippen LogP contribution < -0.4 is 10.1 Å². The highest BCUT2D eigenvalue weighted by Gasteiger charge is 2.22. The normalized spacial score (nSPS) is 19.2. The number of hydrogen-bond acceptors (Lipinski definition) is 5. The molecule has 1 N–H and O–H groups in total. The van der Waals surface area contributed by atoms with Crippen molar-refractivity contribution in [1.82, 2.24) is 10.3 Å². The van der Waals surface area contributed by atoms with Crippen molar-refractivity contribution in [2.75, 3.05) is 20.3 Å². The first-order valence-corrected chi connectivity index (χ1v) is 9.94. The van der Waals surface area contributed by atoms with Crippen molar-refractivity contribution in [2.45, 2.75) is 31.7 Å². The Kier molecular flexibility index (Phi) is 6.52. The van der Waals surface area contributed by atoms with Crippen LogP contribution in [0.1, 0.15) is 17.5 Å². The van der Waals surface area contributed by atoms with Gasteiger partial charge < -0.3 is 19.5 Å². The number of halogens is 2. The van der Waals surface area contributed by atoms with Crippen molar-refractivity contribution in [3.63, 3.8) is 0 Å². The van der Waals surface area contributed by atoms with Crippen LogP contribution >= 0.6 is 0 Å². The lowest BCUT2D eigenvalue weighted by Crippen LogP contribution is -2.44. The molecule has 0 atom stereocenters. The number of nitrogens with one attached hydrogen (secondary N) is 1. The number of benzene rings is 2. The first-order chi connectivity index (χ1) is 14.6. The molecule has 0 radical (unpaired) electrons. The summed E-state index contributed by atoms with van der Waals surface area (Å²) in [6.45, 7) is 1.31. The van der Waals surface area contributed by atoms with Crippen molar-refractivity contribution in [3.05, 3.63) is 71.4 Å². The fourth-order valence-corrected chi connectivity index (χ4v) is 3.60. The fourth-order valence-electron chi connectivity index (χ4n) is 3.60. The third-order valence-corrected chi connectivity index (χ3v) is 5.17. The quantitative estimate of drug-likeness (QED) is 0.634. The third kappa shape index (κ3) is 5.11. The van der Waals surface area contributed by atoms with Crippen LogP contribution in [0.4, 0.5) is 8.78 Å². The van der Waals surface area contributed by atoms with Crippen LogP contribution in [0.2, 0.25) is 0 Å². The molecule has 4 rings (SSSR count). The van der Waals surface area contributed by atoms with E-state index >= 15 is 0 Å². The van der Waals surface area contributed by atoms with E-state index in [0.717, 1.165) is 35.6 Å². The Labute approximate surface area is 174 Å². The zero-order valence-electron chi connectivity index (χ0n) is 16.7. The third-order valence-electron chi connectivity index (χ3n) is 5.17. The van der Waals surface area contributed by atoms with Gasteiger partial charge in [0.2, 0.25) is 0 Å². The maximum atomic E-state index is 13.3. The average molecular weight is 414 g/mol. The molecule has 7 heteroatoms. The Morgan fingerprint density at radius 3 is 2.57 bits per heavy atom. The number of pyridine rings is 1. The molecule has 2 heterocycles. The van der Waals surface area contributed by atoms with E-state index < -0.39 is 11.6 Å². The lowest BCUT2D eigenvalue weighted by Gasteiger charge is -2.30. The van der Waals surface area contributed by atoms with Gasteiger partial charge in [0.15, 0.2) is 6.29 Å². The molecule has 1 saturated heterocycles. The van der Waals surface area contributed by atoms with Gasteiger partial charge in [0.1, 0.15) is 17.4 Å². The van der Waals surface area contributed by atoms with E-state index in [9.17, 15) is 8.78 Å². The second-order valence-corrected chi connectivity index (χ2v) is 7.34. The van der Waals surface area contributed by atoms with Gasteiger partial charge in [-0.1, -0.05) is 0 Å². The van der Waals surface area contributed by atoms with E-state index in [4.69, 9.17) is 14.2 Å². The standard InChI is InChI=1S/C23H24F2N2O3/c1-28-20-3-4-22-21(11-20)16(6-7-26-22)2-5-23-29-13-19(14-30-23)27-12-15-8-17(24)10-18(25)9-15/h3-4,6-11,19,23,27H,2,5,12-14H2,1H3. The van der Waals surface area contributed by atoms with Gasteiger partial charge in [0, 0.05) is 30.6 Å². The highest BCUT2D eigenvalue weighted by Crippen LogP contribution is 2.24. The minimum Gasteiger partial charge on any atom is -0.497 e. The number of aryl methyl sites for hydroxylation is 1. The molecule has 5 nitrogen and oxygen atoms in total. The van der Waals surface area contributed by atoms with Crippen molar-refractivity contribution < 1.29 is 23.0 Å². The second-order valence-electron chi connectivity index (χ2n) is 7.34. The molecule has 158 valence electrons. The Bertz CT molecular complexity index is 987. The molecule has 0 spiro atoms. The summed E-state index contributed by atoms with van der Waals surface area (Å²) in [5.41, 5.74) is 2.64. The Hall–Kier alpha value is -2.61. The van der Waals surface area contributed by atoms with E-state index in [2.05, 4.69) is 10.3 Å². The van der Waals surface area contributed by atoms with Gasteiger partial charge in [-0.3, -0.25) is 4.98 Å². The number of ether oxygens (including phenoxy) is 3. The number of hydrogen-bond donors (Lipinski definition) is 1. The van der Waals surface area contributed by atoms with Crippen molar-refractivity contribution in [2.24, 2.45) is 0 Å². The summed E-state index contributed by atoms with van der Waals surface area (Å²) in [6.07, 6.45) is 3.03. The van der Waals surface area contributed by atoms with Gasteiger partial charge in [-0.25, -0.2) is 8.78 Å². The van der Waals surface area contributed by atoms with Gasteiger partial charge in [0.05, 0.1) is 31.9 Å². The second kappa shape index (κ2) is 9.47. The SMILES string of the molecule is COc1ccc2nccc(CCC3OCC(NCc4cc(F)cc(F)c4)CO3)c2c1. The average Bonchev–Trinajstić information content (AvgIpc) is 2.76. The van der Waals surface area contributed by atoms with Crippen LogP contribution in [0.5, 0.6) is 5.75 Å². The predicted molar refractivity (Wildman–Crippen MR) is 109 cm³/mol. The summed E-state index contributed by atoms with van der Waals surface area (Å²) in [5.74, 6) is -0.359. The summed E-state index contributed by atoms with van der Waals surface area (Å²) in [7, 11) is 1.65. The molecule has 1 aliphatic rings. The molecule has 0 aliphatic carbocycles. The molecule has 1 fully saturated rings. The summed E-state index contributed by atoms with van der Waals surface area (Å²) in [5, 5.41) is 4.28. The largest absolute Gasteiger partial charge is 0.497 e. The maximum Gasteiger partial charge on any atom is 0.158 e.